The molecular formula is C12H15Cl2NO3. The van der Waals surface area contributed by atoms with Crippen LogP contribution in [0, 0.1) is 0 Å². The smallest absolute Gasteiger partial charge is 0.164 e. The highest BCUT2D eigenvalue weighted by molar-refractivity contribution is 6.42. The highest BCUT2D eigenvalue weighted by Crippen LogP contribution is 2.31. The number of benzene rings is 1. The van der Waals surface area contributed by atoms with Crippen molar-refractivity contribution in [2.45, 2.75) is 25.2 Å². The number of aliphatic hydroxyl groups is 2. The van der Waals surface area contributed by atoms with Crippen LogP contribution in [-0.4, -0.2) is 39.1 Å². The molecule has 0 bridgehead atoms. The van der Waals surface area contributed by atoms with E-state index in [0.717, 1.165) is 0 Å². The Balaban J connectivity index is 2.04. The van der Waals surface area contributed by atoms with Gasteiger partial charge in [0.2, 0.25) is 0 Å². The zero-order valence-electron chi connectivity index (χ0n) is 9.74. The molecule has 1 aromatic carbocycles. The van der Waals surface area contributed by atoms with Crippen LogP contribution in [0.2, 0.25) is 10.0 Å². The topological polar surface area (TPSA) is 63.9 Å². The molecule has 0 aliphatic carbocycles. The fourth-order valence-electron chi connectivity index (χ4n) is 2.01. The monoisotopic (exact) mass is 291 g/mol. The normalized spacial score (nSPS) is 20.0. The maximum Gasteiger partial charge on any atom is 0.164 e. The Morgan fingerprint density at radius 2 is 1.67 bits per heavy atom. The minimum absolute atomic E-state index is 0.106. The number of hydrogen-bond donors (Lipinski definition) is 3. The zero-order valence-corrected chi connectivity index (χ0v) is 11.2. The molecule has 1 heterocycles. The van der Waals surface area contributed by atoms with E-state index in [0.29, 0.717) is 48.1 Å². The molecule has 0 saturated carbocycles. The number of phenols is 1. The molecule has 18 heavy (non-hydrogen) atoms. The lowest BCUT2D eigenvalue weighted by Crippen LogP contribution is -2.43. The highest BCUT2D eigenvalue weighted by Gasteiger charge is 2.29. The van der Waals surface area contributed by atoms with Crippen molar-refractivity contribution in [1.29, 1.82) is 0 Å². The van der Waals surface area contributed by atoms with Crippen LogP contribution in [0.25, 0.3) is 0 Å². The molecule has 0 radical (unpaired) electrons. The lowest BCUT2D eigenvalue weighted by atomic mass is 10.0. The van der Waals surface area contributed by atoms with Gasteiger partial charge in [0.1, 0.15) is 5.75 Å². The number of hydrogen-bond acceptors (Lipinski definition) is 4. The summed E-state index contributed by atoms with van der Waals surface area (Å²) in [7, 11) is 0. The Kier molecular flexibility index (Phi) is 4.04. The fraction of sp³-hybridized carbons (Fsp3) is 0.500. The Morgan fingerprint density at radius 1 is 1.11 bits per heavy atom. The Bertz CT molecular complexity index is 441. The summed E-state index contributed by atoms with van der Waals surface area (Å²) in [6.45, 7) is 1.64. The van der Waals surface area contributed by atoms with Gasteiger partial charge >= 0.3 is 0 Å². The molecule has 3 N–H and O–H groups in total. The van der Waals surface area contributed by atoms with Gasteiger partial charge in [-0.2, -0.15) is 0 Å². The van der Waals surface area contributed by atoms with Gasteiger partial charge in [0, 0.05) is 44.1 Å². The molecule has 6 heteroatoms. The van der Waals surface area contributed by atoms with E-state index in [4.69, 9.17) is 23.2 Å². The van der Waals surface area contributed by atoms with Gasteiger partial charge in [-0.05, 0) is 6.07 Å². The molecule has 2 rings (SSSR count). The maximum atomic E-state index is 9.78. The lowest BCUT2D eigenvalue weighted by molar-refractivity contribution is -0.189. The van der Waals surface area contributed by atoms with Gasteiger partial charge in [-0.3, -0.25) is 4.90 Å². The SMILES string of the molecule is Oc1cc(Cl)c(Cl)cc1CN1CCC(O)(O)CC1. The van der Waals surface area contributed by atoms with Crippen molar-refractivity contribution in [3.05, 3.63) is 27.7 Å². The van der Waals surface area contributed by atoms with E-state index >= 15 is 0 Å². The van der Waals surface area contributed by atoms with Crippen LogP contribution in [0.4, 0.5) is 0 Å². The standard InChI is InChI=1S/C12H15Cl2NO3/c13-9-5-8(11(16)6-10(9)14)7-15-3-1-12(17,18)2-4-15/h5-6,16-18H,1-4,7H2. The summed E-state index contributed by atoms with van der Waals surface area (Å²) in [5.41, 5.74) is 0.688. The summed E-state index contributed by atoms with van der Waals surface area (Å²) in [4.78, 5) is 2.03. The molecule has 0 atom stereocenters. The van der Waals surface area contributed by atoms with E-state index < -0.39 is 5.79 Å². The van der Waals surface area contributed by atoms with Crippen molar-refractivity contribution in [3.63, 3.8) is 0 Å². The van der Waals surface area contributed by atoms with Crippen LogP contribution in [0.1, 0.15) is 18.4 Å². The third kappa shape index (κ3) is 3.28. The van der Waals surface area contributed by atoms with Crippen LogP contribution < -0.4 is 0 Å². The number of piperidine rings is 1. The van der Waals surface area contributed by atoms with Gasteiger partial charge in [-0.25, -0.2) is 0 Å². The molecular weight excluding hydrogens is 277 g/mol. The number of aromatic hydroxyl groups is 1. The van der Waals surface area contributed by atoms with Crippen LogP contribution in [0.15, 0.2) is 12.1 Å². The summed E-state index contributed by atoms with van der Waals surface area (Å²) < 4.78 is 0. The number of likely N-dealkylation sites (tertiary alicyclic amines) is 1. The van der Waals surface area contributed by atoms with Crippen LogP contribution in [0.5, 0.6) is 5.75 Å². The van der Waals surface area contributed by atoms with Crippen LogP contribution in [0.3, 0.4) is 0 Å². The lowest BCUT2D eigenvalue weighted by Gasteiger charge is -2.34. The van der Waals surface area contributed by atoms with Crippen LogP contribution >= 0.6 is 23.2 Å². The molecule has 1 fully saturated rings. The summed E-state index contributed by atoms with van der Waals surface area (Å²) in [6, 6.07) is 3.06. The predicted octanol–water partition coefficient (Wildman–Crippen LogP) is 1.98. The molecule has 1 aliphatic heterocycles. The third-order valence-corrected chi connectivity index (χ3v) is 3.89. The number of phenolic OH excluding ortho intramolecular Hbond substituents is 1. The van der Waals surface area contributed by atoms with Gasteiger partial charge in [0.15, 0.2) is 5.79 Å². The van der Waals surface area contributed by atoms with Gasteiger partial charge in [0.25, 0.3) is 0 Å². The first-order chi connectivity index (χ1) is 8.37. The minimum Gasteiger partial charge on any atom is -0.508 e. The molecule has 0 unspecified atom stereocenters. The van der Waals surface area contributed by atoms with Crippen molar-refractivity contribution < 1.29 is 15.3 Å². The Hall–Kier alpha value is -0.520. The van der Waals surface area contributed by atoms with Crippen molar-refractivity contribution in [2.24, 2.45) is 0 Å². The molecule has 1 aliphatic rings. The van der Waals surface area contributed by atoms with E-state index in [9.17, 15) is 15.3 Å². The summed E-state index contributed by atoms with van der Waals surface area (Å²) in [5.74, 6) is -1.45. The van der Waals surface area contributed by atoms with Crippen molar-refractivity contribution in [1.82, 2.24) is 4.90 Å². The largest absolute Gasteiger partial charge is 0.508 e. The number of nitrogens with zero attached hydrogens (tertiary/aromatic N) is 1. The van der Waals surface area contributed by atoms with Crippen molar-refractivity contribution in [2.75, 3.05) is 13.1 Å². The first-order valence-corrected chi connectivity index (χ1v) is 6.47. The van der Waals surface area contributed by atoms with E-state index in [2.05, 4.69) is 0 Å². The predicted molar refractivity (Wildman–Crippen MR) is 69.8 cm³/mol. The average Bonchev–Trinajstić information content (AvgIpc) is 2.28. The second-order valence-electron chi connectivity index (χ2n) is 4.65. The average molecular weight is 292 g/mol. The second-order valence-corrected chi connectivity index (χ2v) is 5.47. The zero-order chi connectivity index (χ0) is 13.3. The molecule has 0 amide bonds. The molecule has 100 valence electrons. The Morgan fingerprint density at radius 3 is 2.28 bits per heavy atom. The van der Waals surface area contributed by atoms with Gasteiger partial charge in [-0.15, -0.1) is 0 Å². The van der Waals surface area contributed by atoms with Gasteiger partial charge < -0.3 is 15.3 Å². The molecule has 0 spiro atoms. The maximum absolute atomic E-state index is 9.78. The molecule has 4 nitrogen and oxygen atoms in total. The van der Waals surface area contributed by atoms with E-state index in [1.807, 2.05) is 4.90 Å². The first kappa shape index (κ1) is 13.9. The van der Waals surface area contributed by atoms with E-state index in [1.165, 1.54) is 6.07 Å². The van der Waals surface area contributed by atoms with Gasteiger partial charge in [0.05, 0.1) is 10.0 Å². The molecule has 0 aromatic heterocycles. The fourth-order valence-corrected chi connectivity index (χ4v) is 2.36. The number of rotatable bonds is 2. The molecule has 1 aromatic rings. The highest BCUT2D eigenvalue weighted by atomic mass is 35.5. The van der Waals surface area contributed by atoms with E-state index in [1.54, 1.807) is 6.07 Å². The number of halogens is 2. The Labute approximate surface area is 115 Å². The van der Waals surface area contributed by atoms with Crippen molar-refractivity contribution in [3.8, 4) is 5.75 Å². The van der Waals surface area contributed by atoms with E-state index in [-0.39, 0.29) is 5.75 Å². The summed E-state index contributed by atoms with van der Waals surface area (Å²) >= 11 is 11.7. The van der Waals surface area contributed by atoms with Crippen LogP contribution in [-0.2, 0) is 6.54 Å². The summed E-state index contributed by atoms with van der Waals surface area (Å²) in [6.07, 6.45) is 0.601. The van der Waals surface area contributed by atoms with Gasteiger partial charge in [-0.1, -0.05) is 23.2 Å². The third-order valence-electron chi connectivity index (χ3n) is 3.17. The minimum atomic E-state index is -1.56. The molecule has 1 saturated heterocycles. The van der Waals surface area contributed by atoms with Crippen molar-refractivity contribution >= 4 is 23.2 Å². The first-order valence-electron chi connectivity index (χ1n) is 5.71. The summed E-state index contributed by atoms with van der Waals surface area (Å²) in [5, 5.41) is 29.4. The second kappa shape index (κ2) is 5.23. The quantitative estimate of drug-likeness (QED) is 0.729.